The number of carbonyl (C=O) groups excluding carboxylic acids is 2. The molecule has 1 aromatic rings. The molecule has 1 aromatic carbocycles. The molecule has 1 rings (SSSR count). The summed E-state index contributed by atoms with van der Waals surface area (Å²) in [5.41, 5.74) is 0.162. The highest BCUT2D eigenvalue weighted by atomic mass is 17.5. The van der Waals surface area contributed by atoms with Crippen molar-refractivity contribution in [2.45, 2.75) is 65.2 Å². The molecular weight excluding hydrogens is 352 g/mol. The molecule has 0 N–H and O–H groups in total. The number of ether oxygens (including phenoxy) is 2. The highest BCUT2D eigenvalue weighted by molar-refractivity contribution is 5.92. The van der Waals surface area contributed by atoms with Gasteiger partial charge >= 0.3 is 12.1 Å². The molecule has 0 saturated carbocycles. The van der Waals surface area contributed by atoms with Gasteiger partial charge in [0.2, 0.25) is 0 Å². The lowest BCUT2D eigenvalue weighted by Gasteiger charge is -2.08. The highest BCUT2D eigenvalue weighted by Gasteiger charge is 2.16. The molecule has 0 spiro atoms. The van der Waals surface area contributed by atoms with E-state index in [4.69, 9.17) is 9.47 Å². The zero-order valence-corrected chi connectivity index (χ0v) is 16.2. The van der Waals surface area contributed by atoms with Crippen LogP contribution in [0.3, 0.4) is 0 Å². The number of hydrogen-bond donors (Lipinski definition) is 0. The summed E-state index contributed by atoms with van der Waals surface area (Å²) in [5.74, 6) is -0.485. The summed E-state index contributed by atoms with van der Waals surface area (Å²) in [4.78, 5) is 31.9. The zero-order valence-electron chi connectivity index (χ0n) is 16.2. The smallest absolute Gasteiger partial charge is 0.493 e. The van der Waals surface area contributed by atoms with Gasteiger partial charge in [-0.25, -0.2) is 14.5 Å². The molecular formula is C20H30O7. The molecule has 7 heteroatoms. The SMILES string of the molecule is CCCCCCCCCCOC(=O)OOOC(=O)c1ccccc1OCC. The average molecular weight is 382 g/mol. The number of carbonyl (C=O) groups is 2. The van der Waals surface area contributed by atoms with Crippen molar-refractivity contribution in [3.63, 3.8) is 0 Å². The Morgan fingerprint density at radius 1 is 0.852 bits per heavy atom. The Bertz CT molecular complexity index is 545. The Morgan fingerprint density at radius 3 is 2.22 bits per heavy atom. The van der Waals surface area contributed by atoms with Gasteiger partial charge in [0.05, 0.1) is 18.3 Å². The van der Waals surface area contributed by atoms with Gasteiger partial charge in [-0.15, -0.1) is 0 Å². The van der Waals surface area contributed by atoms with Crippen molar-refractivity contribution in [2.75, 3.05) is 13.2 Å². The Balaban J connectivity index is 2.09. The zero-order chi connectivity index (χ0) is 19.7. The summed E-state index contributed by atoms with van der Waals surface area (Å²) < 4.78 is 10.1. The van der Waals surface area contributed by atoms with Gasteiger partial charge in [0.25, 0.3) is 0 Å². The first-order chi connectivity index (χ1) is 13.2. The first-order valence-corrected chi connectivity index (χ1v) is 9.63. The second-order valence-corrected chi connectivity index (χ2v) is 6.02. The van der Waals surface area contributed by atoms with Crippen LogP contribution in [-0.4, -0.2) is 25.3 Å². The van der Waals surface area contributed by atoms with Crippen LogP contribution in [-0.2, 0) is 19.6 Å². The normalized spacial score (nSPS) is 10.3. The summed E-state index contributed by atoms with van der Waals surface area (Å²) in [5, 5.41) is 4.20. The maximum absolute atomic E-state index is 11.9. The van der Waals surface area contributed by atoms with Crippen LogP contribution >= 0.6 is 0 Å². The summed E-state index contributed by atoms with van der Waals surface area (Å²) in [7, 11) is 0. The van der Waals surface area contributed by atoms with Gasteiger partial charge in [-0.2, -0.15) is 0 Å². The van der Waals surface area contributed by atoms with E-state index in [2.05, 4.69) is 21.7 Å². The largest absolute Gasteiger partial charge is 0.543 e. The van der Waals surface area contributed by atoms with Crippen molar-refractivity contribution in [1.82, 2.24) is 0 Å². The van der Waals surface area contributed by atoms with E-state index in [9.17, 15) is 9.59 Å². The van der Waals surface area contributed by atoms with Gasteiger partial charge < -0.3 is 9.47 Å². The standard InChI is InChI=1S/C20H30O7/c1-3-5-6-7-8-9-10-13-16-24-20(22)26-27-25-19(21)17-14-11-12-15-18(17)23-4-2/h11-12,14-15H,3-10,13,16H2,1-2H3. The molecule has 7 nitrogen and oxygen atoms in total. The van der Waals surface area contributed by atoms with Crippen LogP contribution < -0.4 is 4.74 Å². The molecule has 0 fully saturated rings. The molecule has 0 amide bonds. The molecule has 0 heterocycles. The predicted molar refractivity (Wildman–Crippen MR) is 99.2 cm³/mol. The topological polar surface area (TPSA) is 80.3 Å². The summed E-state index contributed by atoms with van der Waals surface area (Å²) in [6, 6.07) is 6.51. The molecule has 0 radical (unpaired) electrons. The van der Waals surface area contributed by atoms with Crippen LogP contribution in [0, 0.1) is 0 Å². The second kappa shape index (κ2) is 14.8. The van der Waals surface area contributed by atoms with Crippen LogP contribution in [0.5, 0.6) is 5.75 Å². The molecule has 0 aromatic heterocycles. The van der Waals surface area contributed by atoms with E-state index in [1.807, 2.05) is 0 Å². The van der Waals surface area contributed by atoms with Crippen molar-refractivity contribution < 1.29 is 33.9 Å². The fraction of sp³-hybridized carbons (Fsp3) is 0.600. The third-order valence-electron chi connectivity index (χ3n) is 3.84. The number of para-hydroxylation sites is 1. The molecule has 152 valence electrons. The number of hydrogen-bond acceptors (Lipinski definition) is 7. The minimum Gasteiger partial charge on any atom is -0.493 e. The number of benzene rings is 1. The number of rotatable bonds is 14. The Morgan fingerprint density at radius 2 is 1.52 bits per heavy atom. The third kappa shape index (κ3) is 10.5. The van der Waals surface area contributed by atoms with E-state index in [1.165, 1.54) is 38.2 Å². The molecule has 0 bridgehead atoms. The van der Waals surface area contributed by atoms with Crippen LogP contribution in [0.4, 0.5) is 4.79 Å². The molecule has 27 heavy (non-hydrogen) atoms. The van der Waals surface area contributed by atoms with Crippen molar-refractivity contribution in [2.24, 2.45) is 0 Å². The van der Waals surface area contributed by atoms with Gasteiger partial charge in [0, 0.05) is 0 Å². The van der Waals surface area contributed by atoms with E-state index >= 15 is 0 Å². The Labute approximate surface area is 160 Å². The van der Waals surface area contributed by atoms with Gasteiger partial charge in [-0.05, 0) is 25.5 Å². The average Bonchev–Trinajstić information content (AvgIpc) is 2.67. The lowest BCUT2D eigenvalue weighted by atomic mass is 10.1. The highest BCUT2D eigenvalue weighted by Crippen LogP contribution is 2.19. The Kier molecular flexibility index (Phi) is 12.5. The van der Waals surface area contributed by atoms with Gasteiger partial charge in [-0.1, -0.05) is 64.0 Å². The van der Waals surface area contributed by atoms with Crippen LogP contribution in [0.1, 0.15) is 75.6 Å². The third-order valence-corrected chi connectivity index (χ3v) is 3.84. The van der Waals surface area contributed by atoms with Crippen LogP contribution in [0.2, 0.25) is 0 Å². The van der Waals surface area contributed by atoms with Crippen molar-refractivity contribution in [3.05, 3.63) is 29.8 Å². The molecule has 0 aliphatic carbocycles. The second-order valence-electron chi connectivity index (χ2n) is 6.02. The summed E-state index contributed by atoms with van der Waals surface area (Å²) in [6.45, 7) is 4.62. The van der Waals surface area contributed by atoms with Crippen LogP contribution in [0.25, 0.3) is 0 Å². The van der Waals surface area contributed by atoms with Crippen molar-refractivity contribution in [3.8, 4) is 5.75 Å². The minimum atomic E-state index is -1.05. The van der Waals surface area contributed by atoms with E-state index in [0.29, 0.717) is 12.4 Å². The Hall–Kier alpha value is -2.28. The summed E-state index contributed by atoms with van der Waals surface area (Å²) in [6.07, 6.45) is 8.08. The first-order valence-electron chi connectivity index (χ1n) is 9.63. The molecule has 0 aliphatic heterocycles. The van der Waals surface area contributed by atoms with E-state index < -0.39 is 12.1 Å². The maximum atomic E-state index is 11.9. The monoisotopic (exact) mass is 382 g/mol. The molecule has 0 aliphatic rings. The van der Waals surface area contributed by atoms with Crippen molar-refractivity contribution >= 4 is 12.1 Å². The molecule has 0 saturated heterocycles. The minimum absolute atomic E-state index is 0.162. The quantitative estimate of drug-likeness (QED) is 0.185. The lowest BCUT2D eigenvalue weighted by molar-refractivity contribution is -0.452. The number of unbranched alkanes of at least 4 members (excludes halogenated alkanes) is 7. The van der Waals surface area contributed by atoms with E-state index in [0.717, 1.165) is 19.3 Å². The predicted octanol–water partition coefficient (Wildman–Crippen LogP) is 5.38. The van der Waals surface area contributed by atoms with E-state index in [1.54, 1.807) is 25.1 Å². The lowest BCUT2D eigenvalue weighted by Crippen LogP contribution is -2.13. The first kappa shape index (κ1) is 22.8. The van der Waals surface area contributed by atoms with Crippen molar-refractivity contribution in [1.29, 1.82) is 0 Å². The van der Waals surface area contributed by atoms with Crippen LogP contribution in [0.15, 0.2) is 24.3 Å². The van der Waals surface area contributed by atoms with Gasteiger partial charge in [0.1, 0.15) is 11.3 Å². The van der Waals surface area contributed by atoms with Gasteiger partial charge in [0.15, 0.2) is 0 Å². The fourth-order valence-electron chi connectivity index (χ4n) is 2.45. The fourth-order valence-corrected chi connectivity index (χ4v) is 2.45. The van der Waals surface area contributed by atoms with E-state index in [-0.39, 0.29) is 12.2 Å². The maximum Gasteiger partial charge on any atom is 0.543 e. The molecule has 0 unspecified atom stereocenters. The summed E-state index contributed by atoms with van der Waals surface area (Å²) >= 11 is 0. The van der Waals surface area contributed by atoms with Gasteiger partial charge in [-0.3, -0.25) is 4.89 Å². The molecule has 0 atom stereocenters.